The van der Waals surface area contributed by atoms with Crippen LogP contribution < -0.4 is 11.1 Å². The normalized spacial score (nSPS) is 10.8. The lowest BCUT2D eigenvalue weighted by Crippen LogP contribution is -2.04. The molecule has 0 radical (unpaired) electrons. The number of benzene rings is 1. The molecule has 0 fully saturated rings. The van der Waals surface area contributed by atoms with E-state index in [2.05, 4.69) is 19.2 Å². The van der Waals surface area contributed by atoms with Gasteiger partial charge in [-0.05, 0) is 24.5 Å². The van der Waals surface area contributed by atoms with Crippen molar-refractivity contribution >= 4 is 23.0 Å². The van der Waals surface area contributed by atoms with Gasteiger partial charge in [-0.2, -0.15) is 0 Å². The molecule has 1 aromatic rings. The van der Waals surface area contributed by atoms with Crippen LogP contribution in [0.15, 0.2) is 18.2 Å². The third-order valence-electron chi connectivity index (χ3n) is 2.58. The van der Waals surface area contributed by atoms with Gasteiger partial charge in [0.05, 0.1) is 16.4 Å². The molecular weight excluding hydrogens is 220 g/mol. The predicted molar refractivity (Wildman–Crippen MR) is 73.0 cm³/mol. The second-order valence-corrected chi connectivity index (χ2v) is 4.92. The van der Waals surface area contributed by atoms with Gasteiger partial charge in [0, 0.05) is 6.54 Å². The third-order valence-corrected chi connectivity index (χ3v) is 2.91. The van der Waals surface area contributed by atoms with Gasteiger partial charge in [0.2, 0.25) is 0 Å². The quantitative estimate of drug-likeness (QED) is 0.579. The molecule has 2 nitrogen and oxygen atoms in total. The van der Waals surface area contributed by atoms with Crippen molar-refractivity contribution in [2.24, 2.45) is 5.92 Å². The first-order chi connectivity index (χ1) is 7.61. The van der Waals surface area contributed by atoms with Crippen molar-refractivity contribution in [1.29, 1.82) is 0 Å². The van der Waals surface area contributed by atoms with E-state index in [1.165, 1.54) is 19.3 Å². The molecule has 90 valence electrons. The molecule has 0 aliphatic rings. The van der Waals surface area contributed by atoms with Crippen molar-refractivity contribution in [2.75, 3.05) is 17.6 Å². The van der Waals surface area contributed by atoms with Gasteiger partial charge in [0.15, 0.2) is 0 Å². The maximum absolute atomic E-state index is 5.93. The maximum Gasteiger partial charge on any atom is 0.0739 e. The fourth-order valence-corrected chi connectivity index (χ4v) is 1.77. The number of nitrogen functional groups attached to an aromatic ring is 1. The van der Waals surface area contributed by atoms with E-state index in [1.54, 1.807) is 6.07 Å². The first-order valence-electron chi connectivity index (χ1n) is 5.89. The van der Waals surface area contributed by atoms with E-state index in [9.17, 15) is 0 Å². The molecule has 0 spiro atoms. The summed E-state index contributed by atoms with van der Waals surface area (Å²) in [4.78, 5) is 0. The lowest BCUT2D eigenvalue weighted by atomic mass is 10.1. The molecule has 0 amide bonds. The smallest absolute Gasteiger partial charge is 0.0739 e. The van der Waals surface area contributed by atoms with E-state index in [-0.39, 0.29) is 0 Å². The molecule has 1 rings (SSSR count). The zero-order chi connectivity index (χ0) is 12.0. The van der Waals surface area contributed by atoms with Crippen molar-refractivity contribution in [3.05, 3.63) is 23.2 Å². The van der Waals surface area contributed by atoms with Crippen molar-refractivity contribution in [2.45, 2.75) is 33.1 Å². The predicted octanol–water partition coefficient (Wildman–Crippen LogP) is 4.16. The fraction of sp³-hybridized carbons (Fsp3) is 0.538. The molecule has 0 aliphatic carbocycles. The molecule has 16 heavy (non-hydrogen) atoms. The van der Waals surface area contributed by atoms with E-state index >= 15 is 0 Å². The Balaban J connectivity index is 2.29. The summed E-state index contributed by atoms with van der Waals surface area (Å²) < 4.78 is 0. The van der Waals surface area contributed by atoms with E-state index in [1.807, 2.05) is 12.1 Å². The molecule has 0 unspecified atom stereocenters. The van der Waals surface area contributed by atoms with Crippen LogP contribution in [0.2, 0.25) is 5.02 Å². The SMILES string of the molecule is CC(C)CCCCNc1cccc(Cl)c1N. The molecule has 3 N–H and O–H groups in total. The Labute approximate surface area is 103 Å². The van der Waals surface area contributed by atoms with E-state index in [4.69, 9.17) is 17.3 Å². The van der Waals surface area contributed by atoms with E-state index in [0.717, 1.165) is 18.2 Å². The maximum atomic E-state index is 5.93. The highest BCUT2D eigenvalue weighted by Crippen LogP contribution is 2.26. The number of nitrogens with two attached hydrogens (primary N) is 1. The molecule has 0 aliphatic heterocycles. The summed E-state index contributed by atoms with van der Waals surface area (Å²) in [5.41, 5.74) is 7.44. The number of rotatable bonds is 6. The Morgan fingerprint density at radius 1 is 1.31 bits per heavy atom. The summed E-state index contributed by atoms with van der Waals surface area (Å²) in [6, 6.07) is 5.68. The standard InChI is InChI=1S/C13H21ClN2/c1-10(2)6-3-4-9-16-12-8-5-7-11(14)13(12)15/h5,7-8,10,16H,3-4,6,9,15H2,1-2H3. The van der Waals surface area contributed by atoms with Crippen LogP contribution in [0.4, 0.5) is 11.4 Å². The molecule has 0 atom stereocenters. The molecule has 1 aromatic carbocycles. The minimum Gasteiger partial charge on any atom is -0.396 e. The lowest BCUT2D eigenvalue weighted by molar-refractivity contribution is 0.545. The number of anilines is 2. The summed E-state index contributed by atoms with van der Waals surface area (Å²) in [7, 11) is 0. The van der Waals surface area contributed by atoms with Gasteiger partial charge in [-0.3, -0.25) is 0 Å². The molecule has 0 heterocycles. The highest BCUT2D eigenvalue weighted by Gasteiger charge is 2.01. The van der Waals surface area contributed by atoms with Crippen LogP contribution in [0, 0.1) is 5.92 Å². The highest BCUT2D eigenvalue weighted by atomic mass is 35.5. The number of unbranched alkanes of at least 4 members (excludes halogenated alkanes) is 1. The first kappa shape index (κ1) is 13.2. The molecule has 3 heteroatoms. The minimum atomic E-state index is 0.618. The second kappa shape index (κ2) is 6.64. The highest BCUT2D eigenvalue weighted by molar-refractivity contribution is 6.33. The Morgan fingerprint density at radius 3 is 2.75 bits per heavy atom. The zero-order valence-corrected chi connectivity index (χ0v) is 10.8. The van der Waals surface area contributed by atoms with E-state index < -0.39 is 0 Å². The molecule has 0 aromatic heterocycles. The average molecular weight is 241 g/mol. The van der Waals surface area contributed by atoms with Crippen LogP contribution in [0.1, 0.15) is 33.1 Å². The summed E-state index contributed by atoms with van der Waals surface area (Å²) in [5, 5.41) is 3.94. The van der Waals surface area contributed by atoms with Crippen LogP contribution in [-0.4, -0.2) is 6.54 Å². The first-order valence-corrected chi connectivity index (χ1v) is 6.27. The number of hydrogen-bond donors (Lipinski definition) is 2. The zero-order valence-electron chi connectivity index (χ0n) is 10.1. The van der Waals surface area contributed by atoms with Crippen molar-refractivity contribution in [3.63, 3.8) is 0 Å². The van der Waals surface area contributed by atoms with Crippen molar-refractivity contribution in [3.8, 4) is 0 Å². The van der Waals surface area contributed by atoms with Gasteiger partial charge in [-0.15, -0.1) is 0 Å². The Bertz CT molecular complexity index is 324. The third kappa shape index (κ3) is 4.31. The fourth-order valence-electron chi connectivity index (χ4n) is 1.59. The molecule has 0 saturated heterocycles. The minimum absolute atomic E-state index is 0.618. The average Bonchev–Trinajstić information content (AvgIpc) is 2.23. The Kier molecular flexibility index (Phi) is 5.47. The summed E-state index contributed by atoms with van der Waals surface area (Å²) in [6.07, 6.45) is 3.71. The van der Waals surface area contributed by atoms with E-state index in [0.29, 0.717) is 10.7 Å². The van der Waals surface area contributed by atoms with Crippen LogP contribution in [0.3, 0.4) is 0 Å². The Hall–Kier alpha value is -0.890. The number of hydrogen-bond acceptors (Lipinski definition) is 2. The number of nitrogens with one attached hydrogen (secondary N) is 1. The number of para-hydroxylation sites is 1. The summed E-state index contributed by atoms with van der Waals surface area (Å²) in [6.45, 7) is 5.46. The lowest BCUT2D eigenvalue weighted by Gasteiger charge is -2.10. The van der Waals surface area contributed by atoms with Crippen LogP contribution in [0.5, 0.6) is 0 Å². The van der Waals surface area contributed by atoms with Gasteiger partial charge >= 0.3 is 0 Å². The number of halogens is 1. The topological polar surface area (TPSA) is 38.0 Å². The van der Waals surface area contributed by atoms with Gasteiger partial charge in [-0.1, -0.05) is 44.4 Å². The van der Waals surface area contributed by atoms with Crippen LogP contribution in [-0.2, 0) is 0 Å². The van der Waals surface area contributed by atoms with Crippen LogP contribution in [0.25, 0.3) is 0 Å². The van der Waals surface area contributed by atoms with Crippen molar-refractivity contribution in [1.82, 2.24) is 0 Å². The Morgan fingerprint density at radius 2 is 2.06 bits per heavy atom. The van der Waals surface area contributed by atoms with Crippen molar-refractivity contribution < 1.29 is 0 Å². The summed E-state index contributed by atoms with van der Waals surface area (Å²) in [5.74, 6) is 0.788. The van der Waals surface area contributed by atoms with Gasteiger partial charge < -0.3 is 11.1 Å². The molecule has 0 bridgehead atoms. The van der Waals surface area contributed by atoms with Gasteiger partial charge in [0.1, 0.15) is 0 Å². The second-order valence-electron chi connectivity index (χ2n) is 4.52. The monoisotopic (exact) mass is 240 g/mol. The van der Waals surface area contributed by atoms with Crippen LogP contribution >= 0.6 is 11.6 Å². The largest absolute Gasteiger partial charge is 0.396 e. The van der Waals surface area contributed by atoms with Gasteiger partial charge in [-0.25, -0.2) is 0 Å². The molecular formula is C13H21ClN2. The summed E-state index contributed by atoms with van der Waals surface area (Å²) >= 11 is 5.93. The molecule has 0 saturated carbocycles. The van der Waals surface area contributed by atoms with Gasteiger partial charge in [0.25, 0.3) is 0 Å².